The van der Waals surface area contributed by atoms with Crippen LogP contribution in [0.15, 0.2) is 0 Å². The Morgan fingerprint density at radius 2 is 2.33 bits per heavy atom. The van der Waals surface area contributed by atoms with Crippen molar-refractivity contribution in [3.05, 3.63) is 0 Å². The lowest BCUT2D eigenvalue weighted by molar-refractivity contribution is -0.115. The highest BCUT2D eigenvalue weighted by molar-refractivity contribution is 7.69. The Labute approximate surface area is 71.6 Å². The SMILES string of the molecule is O=CNC1CN([SH](=O)=O)CCO1. The van der Waals surface area contributed by atoms with E-state index < -0.39 is 17.1 Å². The maximum Gasteiger partial charge on any atom is 0.209 e. The fraction of sp³-hybridized carbons (Fsp3) is 0.800. The summed E-state index contributed by atoms with van der Waals surface area (Å²) in [6.07, 6.45) is -0.0179. The summed E-state index contributed by atoms with van der Waals surface area (Å²) in [6, 6.07) is 0. The zero-order valence-electron chi connectivity index (χ0n) is 6.30. The molecule has 12 heavy (non-hydrogen) atoms. The molecule has 0 bridgehead atoms. The molecule has 6 nitrogen and oxygen atoms in total. The molecular weight excluding hydrogens is 184 g/mol. The van der Waals surface area contributed by atoms with Gasteiger partial charge in [0.1, 0.15) is 6.23 Å². The Hall–Kier alpha value is -0.660. The zero-order chi connectivity index (χ0) is 8.97. The van der Waals surface area contributed by atoms with Crippen molar-refractivity contribution in [2.45, 2.75) is 6.23 Å². The summed E-state index contributed by atoms with van der Waals surface area (Å²) in [7, 11) is -2.56. The second kappa shape index (κ2) is 4.39. The van der Waals surface area contributed by atoms with Crippen molar-refractivity contribution in [1.29, 1.82) is 0 Å². The predicted octanol–water partition coefficient (Wildman–Crippen LogP) is -2.08. The summed E-state index contributed by atoms with van der Waals surface area (Å²) < 4.78 is 27.3. The fourth-order valence-corrected chi connectivity index (χ4v) is 1.49. The number of rotatable bonds is 3. The van der Waals surface area contributed by atoms with Crippen molar-refractivity contribution >= 4 is 17.3 Å². The molecule has 1 amide bonds. The molecule has 0 radical (unpaired) electrons. The van der Waals surface area contributed by atoms with Crippen LogP contribution in [0.3, 0.4) is 0 Å². The van der Waals surface area contributed by atoms with Crippen LogP contribution in [-0.4, -0.2) is 45.1 Å². The second-order valence-corrected chi connectivity index (χ2v) is 3.34. The number of amides is 1. The summed E-state index contributed by atoms with van der Waals surface area (Å²) in [5.41, 5.74) is 0. The first-order valence-corrected chi connectivity index (χ1v) is 4.57. The molecule has 1 aliphatic rings. The van der Waals surface area contributed by atoms with E-state index in [1.54, 1.807) is 0 Å². The lowest BCUT2D eigenvalue weighted by Crippen LogP contribution is -2.48. The van der Waals surface area contributed by atoms with Crippen LogP contribution in [0.25, 0.3) is 0 Å². The minimum atomic E-state index is -2.56. The number of nitrogens with one attached hydrogen (secondary N) is 1. The minimum absolute atomic E-state index is 0.192. The van der Waals surface area contributed by atoms with Crippen LogP contribution in [0.1, 0.15) is 0 Å². The van der Waals surface area contributed by atoms with Gasteiger partial charge < -0.3 is 10.1 Å². The van der Waals surface area contributed by atoms with Crippen LogP contribution >= 0.6 is 0 Å². The van der Waals surface area contributed by atoms with Gasteiger partial charge in [-0.1, -0.05) is 0 Å². The van der Waals surface area contributed by atoms with Crippen LogP contribution in [-0.2, 0) is 20.4 Å². The third-order valence-electron chi connectivity index (χ3n) is 1.53. The van der Waals surface area contributed by atoms with Crippen molar-refractivity contribution in [1.82, 2.24) is 9.62 Å². The summed E-state index contributed by atoms with van der Waals surface area (Å²) in [5.74, 6) is 0. The van der Waals surface area contributed by atoms with Gasteiger partial charge in [-0.25, -0.2) is 8.42 Å². The van der Waals surface area contributed by atoms with Crippen molar-refractivity contribution in [3.63, 3.8) is 0 Å². The maximum atomic E-state index is 10.5. The number of carbonyl (C=O) groups excluding carboxylic acids is 1. The highest BCUT2D eigenvalue weighted by Crippen LogP contribution is 2.01. The summed E-state index contributed by atoms with van der Waals surface area (Å²) in [5, 5.41) is 2.36. The molecule has 1 saturated heterocycles. The molecule has 70 valence electrons. The number of carbonyl (C=O) groups is 1. The van der Waals surface area contributed by atoms with Gasteiger partial charge in [-0.3, -0.25) is 4.79 Å². The van der Waals surface area contributed by atoms with E-state index in [0.717, 1.165) is 0 Å². The molecular formula is C5H10N2O4S. The van der Waals surface area contributed by atoms with Gasteiger partial charge in [0.25, 0.3) is 0 Å². The molecule has 0 spiro atoms. The first-order valence-electron chi connectivity index (χ1n) is 3.44. The molecule has 1 unspecified atom stereocenters. The Morgan fingerprint density at radius 1 is 1.58 bits per heavy atom. The molecule has 0 aromatic carbocycles. The summed E-state index contributed by atoms with van der Waals surface area (Å²) in [4.78, 5) is 9.99. The average molecular weight is 194 g/mol. The van der Waals surface area contributed by atoms with E-state index in [0.29, 0.717) is 19.6 Å². The van der Waals surface area contributed by atoms with Crippen LogP contribution in [0.2, 0.25) is 0 Å². The van der Waals surface area contributed by atoms with Crippen molar-refractivity contribution < 1.29 is 17.9 Å². The topological polar surface area (TPSA) is 75.7 Å². The Balaban J connectivity index is 2.45. The van der Waals surface area contributed by atoms with Crippen LogP contribution in [0.4, 0.5) is 0 Å². The first kappa shape index (κ1) is 9.43. The van der Waals surface area contributed by atoms with Crippen molar-refractivity contribution in [2.75, 3.05) is 19.7 Å². The third kappa shape index (κ3) is 2.43. The van der Waals surface area contributed by atoms with Gasteiger partial charge >= 0.3 is 0 Å². The number of hydrogen-bond donors (Lipinski definition) is 2. The van der Waals surface area contributed by atoms with Crippen molar-refractivity contribution in [3.8, 4) is 0 Å². The minimum Gasteiger partial charge on any atom is -0.356 e. The largest absolute Gasteiger partial charge is 0.356 e. The van der Waals surface area contributed by atoms with Crippen molar-refractivity contribution in [2.24, 2.45) is 0 Å². The summed E-state index contributed by atoms with van der Waals surface area (Å²) >= 11 is 0. The monoisotopic (exact) mass is 194 g/mol. The molecule has 1 atom stereocenters. The molecule has 1 fully saturated rings. The van der Waals surface area contributed by atoms with E-state index >= 15 is 0 Å². The fourth-order valence-electron chi connectivity index (χ4n) is 0.961. The molecule has 1 rings (SSSR count). The normalized spacial score (nSPS) is 25.6. The lowest BCUT2D eigenvalue weighted by Gasteiger charge is -2.27. The number of hydrogen-bond acceptors (Lipinski definition) is 4. The third-order valence-corrected chi connectivity index (χ3v) is 2.36. The number of morpholine rings is 1. The average Bonchev–Trinajstić information content (AvgIpc) is 2.05. The van der Waals surface area contributed by atoms with Gasteiger partial charge in [0, 0.05) is 6.54 Å². The molecule has 1 N–H and O–H groups in total. The van der Waals surface area contributed by atoms with Gasteiger partial charge in [-0.05, 0) is 0 Å². The lowest BCUT2D eigenvalue weighted by atomic mass is 10.4. The molecule has 0 aliphatic carbocycles. The number of ether oxygens (including phenoxy) is 1. The van der Waals surface area contributed by atoms with E-state index in [-0.39, 0.29) is 6.54 Å². The molecule has 7 heteroatoms. The van der Waals surface area contributed by atoms with Gasteiger partial charge in [0.05, 0.1) is 13.2 Å². The standard InChI is InChI=1S/C5H10N2O4S/c8-4-6-5-3-7(12(9)10)1-2-11-5/h4-5,12H,1-3H2,(H,6,8). The Kier molecular flexibility index (Phi) is 3.45. The van der Waals surface area contributed by atoms with E-state index in [4.69, 9.17) is 4.74 Å². The van der Waals surface area contributed by atoms with Crippen LogP contribution in [0.5, 0.6) is 0 Å². The van der Waals surface area contributed by atoms with Gasteiger partial charge in [0.15, 0.2) is 0 Å². The van der Waals surface area contributed by atoms with Crippen LogP contribution < -0.4 is 5.32 Å². The van der Waals surface area contributed by atoms with E-state index in [1.165, 1.54) is 4.31 Å². The second-order valence-electron chi connectivity index (χ2n) is 2.29. The van der Waals surface area contributed by atoms with Gasteiger partial charge in [-0.15, -0.1) is 0 Å². The molecule has 0 aromatic rings. The first-order chi connectivity index (χ1) is 5.74. The predicted molar refractivity (Wildman–Crippen MR) is 40.8 cm³/mol. The zero-order valence-corrected chi connectivity index (χ0v) is 7.20. The maximum absolute atomic E-state index is 10.5. The van der Waals surface area contributed by atoms with E-state index in [1.807, 2.05) is 0 Å². The summed E-state index contributed by atoms with van der Waals surface area (Å²) in [6.45, 7) is 0.863. The molecule has 1 aliphatic heterocycles. The van der Waals surface area contributed by atoms with E-state index in [2.05, 4.69) is 5.32 Å². The molecule has 0 aromatic heterocycles. The molecule has 0 saturated carbocycles. The number of thiol groups is 1. The van der Waals surface area contributed by atoms with Gasteiger partial charge in [-0.2, -0.15) is 4.31 Å². The Morgan fingerprint density at radius 3 is 2.92 bits per heavy atom. The number of nitrogens with zero attached hydrogens (tertiary/aromatic N) is 1. The highest BCUT2D eigenvalue weighted by Gasteiger charge is 2.20. The van der Waals surface area contributed by atoms with Gasteiger partial charge in [0.2, 0.25) is 17.3 Å². The van der Waals surface area contributed by atoms with Crippen LogP contribution in [0, 0.1) is 0 Å². The smallest absolute Gasteiger partial charge is 0.209 e. The quantitative estimate of drug-likeness (QED) is 0.399. The molecule has 1 heterocycles. The Bertz CT molecular complexity index is 221. The van der Waals surface area contributed by atoms with E-state index in [9.17, 15) is 13.2 Å². The highest BCUT2D eigenvalue weighted by atomic mass is 32.2.